The summed E-state index contributed by atoms with van der Waals surface area (Å²) in [5.41, 5.74) is 2.16. The topological polar surface area (TPSA) is 95.7 Å². The molecule has 0 spiro atoms. The van der Waals surface area contributed by atoms with Crippen LogP contribution < -0.4 is 5.32 Å². The number of urea groups is 1. The number of aliphatic carboxylic acids is 1. The lowest BCUT2D eigenvalue weighted by molar-refractivity contribution is -0.141. The molecule has 0 aliphatic heterocycles. The van der Waals surface area contributed by atoms with Gasteiger partial charge in [0.25, 0.3) is 0 Å². The van der Waals surface area contributed by atoms with E-state index in [9.17, 15) is 9.59 Å². The van der Waals surface area contributed by atoms with Crippen LogP contribution in [0.4, 0.5) is 10.5 Å². The number of aromatic nitrogens is 1. The Kier molecular flexibility index (Phi) is 5.23. The summed E-state index contributed by atoms with van der Waals surface area (Å²) in [7, 11) is 1.55. The molecule has 2 aromatic rings. The number of nitrogens with one attached hydrogen (secondary N) is 1. The van der Waals surface area contributed by atoms with Gasteiger partial charge in [-0.1, -0.05) is 13.0 Å². The Hall–Kier alpha value is -2.83. The van der Waals surface area contributed by atoms with E-state index in [1.807, 2.05) is 19.9 Å². The summed E-state index contributed by atoms with van der Waals surface area (Å²) in [6.07, 6.45) is 0. The molecule has 1 atom stereocenters. The number of hydrogen-bond acceptors (Lipinski definition) is 4. The molecule has 0 saturated carbocycles. The molecule has 2 N–H and O–H groups in total. The van der Waals surface area contributed by atoms with Crippen molar-refractivity contribution in [2.45, 2.75) is 20.8 Å². The number of amides is 2. The number of carboxylic acids is 1. The average Bonchev–Trinajstić information content (AvgIpc) is 2.86. The van der Waals surface area contributed by atoms with E-state index in [-0.39, 0.29) is 12.6 Å². The van der Waals surface area contributed by atoms with Gasteiger partial charge < -0.3 is 19.7 Å². The van der Waals surface area contributed by atoms with Crippen LogP contribution in [-0.4, -0.2) is 40.6 Å². The van der Waals surface area contributed by atoms with Gasteiger partial charge in [-0.05, 0) is 32.0 Å². The largest absolute Gasteiger partial charge is 0.481 e. The third kappa shape index (κ3) is 4.13. The van der Waals surface area contributed by atoms with E-state index < -0.39 is 11.9 Å². The van der Waals surface area contributed by atoms with Crippen molar-refractivity contribution in [1.29, 1.82) is 0 Å². The SMILES string of the molecule is Cc1nc(-c2cccc(NC(=O)N(C)CC(C)C(=O)O)c2)oc1C. The second-order valence-corrected chi connectivity index (χ2v) is 5.79. The number of rotatable bonds is 5. The molecule has 7 nitrogen and oxygen atoms in total. The van der Waals surface area contributed by atoms with Crippen molar-refractivity contribution in [3.8, 4) is 11.5 Å². The maximum absolute atomic E-state index is 12.2. The molecule has 1 heterocycles. The van der Waals surface area contributed by atoms with Crippen molar-refractivity contribution in [2.24, 2.45) is 5.92 Å². The van der Waals surface area contributed by atoms with Gasteiger partial charge in [-0.2, -0.15) is 0 Å². The molecule has 0 aliphatic rings. The molecule has 1 aromatic carbocycles. The smallest absolute Gasteiger partial charge is 0.321 e. The first-order valence-corrected chi connectivity index (χ1v) is 7.57. The molecule has 24 heavy (non-hydrogen) atoms. The fraction of sp³-hybridized carbons (Fsp3) is 0.353. The zero-order chi connectivity index (χ0) is 17.9. The summed E-state index contributed by atoms with van der Waals surface area (Å²) in [4.78, 5) is 28.7. The van der Waals surface area contributed by atoms with Crippen molar-refractivity contribution >= 4 is 17.7 Å². The monoisotopic (exact) mass is 331 g/mol. The number of anilines is 1. The Morgan fingerprint density at radius 1 is 1.38 bits per heavy atom. The summed E-state index contributed by atoms with van der Waals surface area (Å²) in [5, 5.41) is 11.7. The first-order valence-electron chi connectivity index (χ1n) is 7.57. The normalized spacial score (nSPS) is 11.8. The molecule has 0 saturated heterocycles. The Balaban J connectivity index is 2.09. The number of carboxylic acid groups (broad SMARTS) is 1. The second-order valence-electron chi connectivity index (χ2n) is 5.79. The maximum Gasteiger partial charge on any atom is 0.321 e. The summed E-state index contributed by atoms with van der Waals surface area (Å²) >= 11 is 0. The number of carbonyl (C=O) groups is 2. The Labute approximate surface area is 140 Å². The lowest BCUT2D eigenvalue weighted by Crippen LogP contribution is -2.36. The molecule has 0 aliphatic carbocycles. The minimum Gasteiger partial charge on any atom is -0.481 e. The lowest BCUT2D eigenvalue weighted by atomic mass is 10.2. The van der Waals surface area contributed by atoms with Crippen molar-refractivity contribution < 1.29 is 19.1 Å². The number of aryl methyl sites for hydroxylation is 2. The second kappa shape index (κ2) is 7.16. The number of oxazole rings is 1. The third-order valence-electron chi connectivity index (χ3n) is 3.71. The Morgan fingerprint density at radius 2 is 2.08 bits per heavy atom. The molecule has 7 heteroatoms. The van der Waals surface area contributed by atoms with E-state index in [1.54, 1.807) is 32.2 Å². The van der Waals surface area contributed by atoms with Gasteiger partial charge >= 0.3 is 12.0 Å². The fourth-order valence-corrected chi connectivity index (χ4v) is 2.12. The highest BCUT2D eigenvalue weighted by atomic mass is 16.4. The number of hydrogen-bond donors (Lipinski definition) is 2. The molecule has 1 unspecified atom stereocenters. The predicted octanol–water partition coefficient (Wildman–Crippen LogP) is 3.14. The van der Waals surface area contributed by atoms with Crippen LogP contribution >= 0.6 is 0 Å². The standard InChI is InChI=1S/C17H21N3O4/c1-10(16(21)22)9-20(4)17(23)19-14-7-5-6-13(8-14)15-18-11(2)12(3)24-15/h5-8,10H,9H2,1-4H3,(H,19,23)(H,21,22). The van der Waals surface area contributed by atoms with Crippen molar-refractivity contribution in [3.05, 3.63) is 35.7 Å². The van der Waals surface area contributed by atoms with Crippen LogP contribution in [0.3, 0.4) is 0 Å². The van der Waals surface area contributed by atoms with Gasteiger partial charge in [0.1, 0.15) is 5.76 Å². The van der Waals surface area contributed by atoms with Crippen LogP contribution in [0.15, 0.2) is 28.7 Å². The molecule has 0 radical (unpaired) electrons. The van der Waals surface area contributed by atoms with Gasteiger partial charge in [0.05, 0.1) is 11.6 Å². The van der Waals surface area contributed by atoms with E-state index in [4.69, 9.17) is 9.52 Å². The minimum atomic E-state index is -0.939. The van der Waals surface area contributed by atoms with Gasteiger partial charge in [0.15, 0.2) is 0 Å². The van der Waals surface area contributed by atoms with E-state index >= 15 is 0 Å². The van der Waals surface area contributed by atoms with Crippen LogP contribution in [0.1, 0.15) is 18.4 Å². The maximum atomic E-state index is 12.2. The van der Waals surface area contributed by atoms with E-state index in [2.05, 4.69) is 10.3 Å². The number of nitrogens with zero attached hydrogens (tertiary/aromatic N) is 2. The van der Waals surface area contributed by atoms with Crippen molar-refractivity contribution in [1.82, 2.24) is 9.88 Å². The first-order chi connectivity index (χ1) is 11.3. The van der Waals surface area contributed by atoms with Crippen LogP contribution in [0.5, 0.6) is 0 Å². The van der Waals surface area contributed by atoms with Crippen LogP contribution in [0, 0.1) is 19.8 Å². The quantitative estimate of drug-likeness (QED) is 0.877. The molecular weight excluding hydrogens is 310 g/mol. The molecule has 2 amide bonds. The molecule has 2 rings (SSSR count). The number of benzene rings is 1. The molecule has 128 valence electrons. The summed E-state index contributed by atoms with van der Waals surface area (Å²) < 4.78 is 5.59. The van der Waals surface area contributed by atoms with Gasteiger partial charge in [-0.15, -0.1) is 0 Å². The van der Waals surface area contributed by atoms with Gasteiger partial charge in [-0.25, -0.2) is 9.78 Å². The third-order valence-corrected chi connectivity index (χ3v) is 3.71. The number of carbonyl (C=O) groups excluding carboxylic acids is 1. The van der Waals surface area contributed by atoms with Crippen molar-refractivity contribution in [3.63, 3.8) is 0 Å². The fourth-order valence-electron chi connectivity index (χ4n) is 2.12. The first kappa shape index (κ1) is 17.5. The van der Waals surface area contributed by atoms with Crippen LogP contribution in [0.25, 0.3) is 11.5 Å². The average molecular weight is 331 g/mol. The highest BCUT2D eigenvalue weighted by molar-refractivity contribution is 5.90. The summed E-state index contributed by atoms with van der Waals surface area (Å²) in [6.45, 7) is 5.39. The highest BCUT2D eigenvalue weighted by Gasteiger charge is 2.17. The zero-order valence-corrected chi connectivity index (χ0v) is 14.2. The summed E-state index contributed by atoms with van der Waals surface area (Å²) in [6, 6.07) is 6.77. The predicted molar refractivity (Wildman–Crippen MR) is 89.9 cm³/mol. The Morgan fingerprint density at radius 3 is 2.67 bits per heavy atom. The van der Waals surface area contributed by atoms with Gasteiger partial charge in [-0.3, -0.25) is 4.79 Å². The summed E-state index contributed by atoms with van der Waals surface area (Å²) in [5.74, 6) is -0.326. The molecule has 0 bridgehead atoms. The van der Waals surface area contributed by atoms with E-state index in [0.29, 0.717) is 11.6 Å². The lowest BCUT2D eigenvalue weighted by Gasteiger charge is -2.20. The highest BCUT2D eigenvalue weighted by Crippen LogP contribution is 2.24. The van der Waals surface area contributed by atoms with Gasteiger partial charge in [0, 0.05) is 24.8 Å². The van der Waals surface area contributed by atoms with Crippen LogP contribution in [-0.2, 0) is 4.79 Å². The van der Waals surface area contributed by atoms with Crippen molar-refractivity contribution in [2.75, 3.05) is 18.9 Å². The van der Waals surface area contributed by atoms with Crippen LogP contribution in [0.2, 0.25) is 0 Å². The minimum absolute atomic E-state index is 0.124. The van der Waals surface area contributed by atoms with E-state index in [0.717, 1.165) is 17.0 Å². The molecule has 1 aromatic heterocycles. The van der Waals surface area contributed by atoms with Gasteiger partial charge in [0.2, 0.25) is 5.89 Å². The molecular formula is C17H21N3O4. The Bertz CT molecular complexity index is 735. The zero-order valence-electron chi connectivity index (χ0n) is 14.2. The van der Waals surface area contributed by atoms with E-state index in [1.165, 1.54) is 4.90 Å². The molecule has 0 fully saturated rings.